The first kappa shape index (κ1) is 30.9. The van der Waals surface area contributed by atoms with Crippen LogP contribution in [0.1, 0.15) is 116 Å². The maximum Gasteiger partial charge on any atom is 0.333 e. The van der Waals surface area contributed by atoms with Crippen LogP contribution in [-0.4, -0.2) is 25.2 Å². The zero-order valence-electron chi connectivity index (χ0n) is 24.1. The van der Waals surface area contributed by atoms with Crippen molar-refractivity contribution < 1.29 is 19.1 Å². The van der Waals surface area contributed by atoms with Gasteiger partial charge in [0.2, 0.25) is 0 Å². The molecule has 4 heteroatoms. The molecule has 37 heavy (non-hydrogen) atoms. The lowest BCUT2D eigenvalue weighted by Crippen LogP contribution is -2.38. The Labute approximate surface area is 225 Å². The molecule has 0 spiro atoms. The quantitative estimate of drug-likeness (QED) is 0.135. The predicted octanol–water partition coefficient (Wildman–Crippen LogP) is 8.45. The van der Waals surface area contributed by atoms with E-state index in [1.165, 1.54) is 56.9 Å². The Hall–Kier alpha value is -2.36. The van der Waals surface area contributed by atoms with Gasteiger partial charge in [-0.1, -0.05) is 90.8 Å². The number of ether oxygens (including phenoxy) is 2. The van der Waals surface area contributed by atoms with Gasteiger partial charge in [0.15, 0.2) is 0 Å². The summed E-state index contributed by atoms with van der Waals surface area (Å²) in [5.74, 6) is 1.00. The number of carbonyl (C=O) groups is 2. The monoisotopic (exact) mass is 510 g/mol. The topological polar surface area (TPSA) is 52.6 Å². The Bertz CT molecular complexity index is 889. The van der Waals surface area contributed by atoms with Gasteiger partial charge in [-0.2, -0.15) is 0 Å². The first-order valence-electron chi connectivity index (χ1n) is 14.4. The molecule has 0 amide bonds. The van der Waals surface area contributed by atoms with Gasteiger partial charge in [-0.15, -0.1) is 0 Å². The summed E-state index contributed by atoms with van der Waals surface area (Å²) in [6, 6.07) is 8.72. The summed E-state index contributed by atoms with van der Waals surface area (Å²) < 4.78 is 11.4. The lowest BCUT2D eigenvalue weighted by atomic mass is 9.75. The van der Waals surface area contributed by atoms with Gasteiger partial charge in [0, 0.05) is 11.1 Å². The molecule has 1 atom stereocenters. The van der Waals surface area contributed by atoms with Crippen LogP contribution in [0.4, 0.5) is 0 Å². The third-order valence-electron chi connectivity index (χ3n) is 7.98. The Kier molecular flexibility index (Phi) is 12.6. The summed E-state index contributed by atoms with van der Waals surface area (Å²) in [6.07, 6.45) is 11.8. The fourth-order valence-corrected chi connectivity index (χ4v) is 5.40. The fourth-order valence-electron chi connectivity index (χ4n) is 5.40. The minimum absolute atomic E-state index is 0.126. The molecule has 1 aromatic carbocycles. The highest BCUT2D eigenvalue weighted by Crippen LogP contribution is 2.39. The van der Waals surface area contributed by atoms with Gasteiger partial charge in [0.05, 0.1) is 5.41 Å². The van der Waals surface area contributed by atoms with Crippen molar-refractivity contribution in [2.75, 3.05) is 13.2 Å². The fraction of sp³-hybridized carbons (Fsp3) is 0.636. The smallest absolute Gasteiger partial charge is 0.333 e. The highest BCUT2D eigenvalue weighted by Gasteiger charge is 2.35. The second-order valence-corrected chi connectivity index (χ2v) is 11.6. The van der Waals surface area contributed by atoms with E-state index in [0.29, 0.717) is 35.8 Å². The molecule has 1 aliphatic rings. The minimum Gasteiger partial charge on any atom is -0.461 e. The normalized spacial score (nSPS) is 19.2. The van der Waals surface area contributed by atoms with Crippen LogP contribution in [0.3, 0.4) is 0 Å². The van der Waals surface area contributed by atoms with Crippen LogP contribution < -0.4 is 0 Å². The molecule has 0 bridgehead atoms. The SMILES string of the molecule is C=C(C)C(=O)OCC(CC)(COC(=O)C(=C)CC(C)C)c1ccc(C2CCC(CCCCC)CC2)cc1. The van der Waals surface area contributed by atoms with Crippen molar-refractivity contribution >= 4 is 11.9 Å². The van der Waals surface area contributed by atoms with E-state index < -0.39 is 11.4 Å². The molecular formula is C33H50O4. The summed E-state index contributed by atoms with van der Waals surface area (Å²) in [7, 11) is 0. The molecule has 1 unspecified atom stereocenters. The standard InChI is InChI=1S/C33H50O4/c1-8-10-11-12-27-13-15-28(16-14-27)29-17-19-30(20-18-29)33(9-2,22-36-31(34)25(5)6)23-37-32(35)26(7)21-24(3)4/h17-20,24,27-28H,5,7-16,21-23H2,1-4,6H3. The van der Waals surface area contributed by atoms with Crippen LogP contribution in [0.2, 0.25) is 0 Å². The van der Waals surface area contributed by atoms with Crippen LogP contribution in [0, 0.1) is 11.8 Å². The number of unbranched alkanes of at least 4 members (excludes halogenated alkanes) is 2. The zero-order chi connectivity index (χ0) is 27.4. The Balaban J connectivity index is 2.14. The molecule has 0 radical (unpaired) electrons. The van der Waals surface area contributed by atoms with E-state index in [1.54, 1.807) is 6.92 Å². The van der Waals surface area contributed by atoms with E-state index in [9.17, 15) is 9.59 Å². The number of esters is 2. The van der Waals surface area contributed by atoms with Crippen molar-refractivity contribution in [3.8, 4) is 0 Å². The van der Waals surface area contributed by atoms with Gasteiger partial charge in [-0.25, -0.2) is 9.59 Å². The molecule has 0 N–H and O–H groups in total. The first-order chi connectivity index (χ1) is 17.6. The lowest BCUT2D eigenvalue weighted by Gasteiger charge is -2.33. The van der Waals surface area contributed by atoms with Gasteiger partial charge < -0.3 is 9.47 Å². The van der Waals surface area contributed by atoms with Gasteiger partial charge in [-0.05, 0) is 74.3 Å². The average molecular weight is 511 g/mol. The zero-order valence-corrected chi connectivity index (χ0v) is 24.1. The van der Waals surface area contributed by atoms with Gasteiger partial charge in [0.1, 0.15) is 13.2 Å². The van der Waals surface area contributed by atoms with E-state index in [-0.39, 0.29) is 19.2 Å². The van der Waals surface area contributed by atoms with Crippen molar-refractivity contribution in [3.05, 3.63) is 59.7 Å². The Morgan fingerprint density at radius 3 is 2.05 bits per heavy atom. The van der Waals surface area contributed by atoms with E-state index in [0.717, 1.165) is 11.5 Å². The van der Waals surface area contributed by atoms with Crippen molar-refractivity contribution in [1.29, 1.82) is 0 Å². The van der Waals surface area contributed by atoms with Crippen molar-refractivity contribution in [1.82, 2.24) is 0 Å². The van der Waals surface area contributed by atoms with Gasteiger partial charge in [-0.3, -0.25) is 0 Å². The summed E-state index contributed by atoms with van der Waals surface area (Å²) in [5.41, 5.74) is 2.59. The van der Waals surface area contributed by atoms with Crippen molar-refractivity contribution in [3.63, 3.8) is 0 Å². The summed E-state index contributed by atoms with van der Waals surface area (Å²) in [4.78, 5) is 24.9. The summed E-state index contributed by atoms with van der Waals surface area (Å²) in [6.45, 7) is 17.9. The van der Waals surface area contributed by atoms with Crippen LogP contribution in [0.5, 0.6) is 0 Å². The molecular weight excluding hydrogens is 460 g/mol. The first-order valence-corrected chi connectivity index (χ1v) is 14.4. The summed E-state index contributed by atoms with van der Waals surface area (Å²) >= 11 is 0. The number of rotatable bonds is 15. The molecule has 1 fully saturated rings. The molecule has 1 saturated carbocycles. The third kappa shape index (κ3) is 9.47. The number of benzene rings is 1. The molecule has 0 aromatic heterocycles. The van der Waals surface area contributed by atoms with Crippen molar-refractivity contribution in [2.24, 2.45) is 11.8 Å². The molecule has 0 heterocycles. The molecule has 0 aliphatic heterocycles. The second kappa shape index (κ2) is 15.1. The molecule has 1 aromatic rings. The molecule has 2 rings (SSSR count). The Morgan fingerprint density at radius 1 is 0.946 bits per heavy atom. The maximum atomic E-state index is 12.6. The molecule has 0 saturated heterocycles. The molecule has 4 nitrogen and oxygen atoms in total. The Morgan fingerprint density at radius 2 is 1.54 bits per heavy atom. The summed E-state index contributed by atoms with van der Waals surface area (Å²) in [5, 5.41) is 0. The van der Waals surface area contributed by atoms with Gasteiger partial charge in [0.25, 0.3) is 0 Å². The second-order valence-electron chi connectivity index (χ2n) is 11.6. The van der Waals surface area contributed by atoms with Crippen LogP contribution in [0.25, 0.3) is 0 Å². The lowest BCUT2D eigenvalue weighted by molar-refractivity contribution is -0.145. The van der Waals surface area contributed by atoms with Gasteiger partial charge >= 0.3 is 11.9 Å². The number of hydrogen-bond acceptors (Lipinski definition) is 4. The van der Waals surface area contributed by atoms with E-state index >= 15 is 0 Å². The van der Waals surface area contributed by atoms with Crippen LogP contribution in [-0.2, 0) is 24.5 Å². The maximum absolute atomic E-state index is 12.6. The highest BCUT2D eigenvalue weighted by atomic mass is 16.5. The highest BCUT2D eigenvalue weighted by molar-refractivity contribution is 5.88. The van der Waals surface area contributed by atoms with Crippen LogP contribution in [0.15, 0.2) is 48.6 Å². The number of hydrogen-bond donors (Lipinski definition) is 0. The molecule has 206 valence electrons. The predicted molar refractivity (Wildman–Crippen MR) is 153 cm³/mol. The molecule has 1 aliphatic carbocycles. The average Bonchev–Trinajstić information content (AvgIpc) is 2.89. The number of carbonyl (C=O) groups excluding carboxylic acids is 2. The van der Waals surface area contributed by atoms with Crippen molar-refractivity contribution in [2.45, 2.75) is 110 Å². The third-order valence-corrected chi connectivity index (χ3v) is 7.98. The largest absolute Gasteiger partial charge is 0.461 e. The van der Waals surface area contributed by atoms with E-state index in [4.69, 9.17) is 9.47 Å². The van der Waals surface area contributed by atoms with E-state index in [2.05, 4.69) is 44.3 Å². The van der Waals surface area contributed by atoms with Crippen LogP contribution >= 0.6 is 0 Å². The minimum atomic E-state index is -0.631. The van der Waals surface area contributed by atoms with E-state index in [1.807, 2.05) is 20.8 Å².